The Hall–Kier alpha value is -0.640. The highest BCUT2D eigenvalue weighted by Gasteiger charge is 2.27. The number of anilines is 1. The van der Waals surface area contributed by atoms with Crippen molar-refractivity contribution in [1.82, 2.24) is 9.97 Å². The molecule has 100 valence electrons. The normalized spacial score (nSPS) is 23.5. The summed E-state index contributed by atoms with van der Waals surface area (Å²) in [6.07, 6.45) is 7.06. The molecule has 1 fully saturated rings. The van der Waals surface area contributed by atoms with Gasteiger partial charge in [-0.05, 0) is 47.5 Å². The van der Waals surface area contributed by atoms with Crippen molar-refractivity contribution < 1.29 is 0 Å². The molecule has 0 spiro atoms. The molecular formula is C14H22BrN3. The summed E-state index contributed by atoms with van der Waals surface area (Å²) in [5.74, 6) is 2.93. The fraction of sp³-hybridized carbons (Fsp3) is 0.714. The number of hydrogen-bond acceptors (Lipinski definition) is 3. The van der Waals surface area contributed by atoms with Gasteiger partial charge >= 0.3 is 0 Å². The summed E-state index contributed by atoms with van der Waals surface area (Å²) in [6, 6.07) is 0. The predicted octanol–water partition coefficient (Wildman–Crippen LogP) is 4.07. The molecule has 1 aliphatic rings. The lowest BCUT2D eigenvalue weighted by molar-refractivity contribution is 0.516. The molecule has 1 aliphatic carbocycles. The number of nitrogens with two attached hydrogens (primary N) is 1. The van der Waals surface area contributed by atoms with Crippen molar-refractivity contribution in [3.8, 4) is 0 Å². The van der Waals surface area contributed by atoms with Crippen molar-refractivity contribution in [2.75, 3.05) is 5.73 Å². The van der Waals surface area contributed by atoms with Gasteiger partial charge in [-0.2, -0.15) is 0 Å². The fourth-order valence-corrected chi connectivity index (χ4v) is 3.17. The van der Waals surface area contributed by atoms with Gasteiger partial charge in [-0.25, -0.2) is 9.97 Å². The zero-order chi connectivity index (χ0) is 13.1. The Morgan fingerprint density at radius 2 is 2.06 bits per heavy atom. The lowest BCUT2D eigenvalue weighted by Gasteiger charge is -2.13. The van der Waals surface area contributed by atoms with Crippen molar-refractivity contribution in [2.24, 2.45) is 5.92 Å². The minimum atomic E-state index is 0.515. The minimum absolute atomic E-state index is 0.515. The Bertz CT molecular complexity index is 420. The minimum Gasteiger partial charge on any atom is -0.383 e. The monoisotopic (exact) mass is 311 g/mol. The molecule has 3 nitrogen and oxygen atoms in total. The maximum atomic E-state index is 5.99. The second-order valence-electron chi connectivity index (χ2n) is 5.26. The average molecular weight is 312 g/mol. The van der Waals surface area contributed by atoms with Crippen LogP contribution in [-0.4, -0.2) is 9.97 Å². The molecule has 0 radical (unpaired) electrons. The Morgan fingerprint density at radius 3 is 2.67 bits per heavy atom. The van der Waals surface area contributed by atoms with E-state index in [9.17, 15) is 0 Å². The fourth-order valence-electron chi connectivity index (χ4n) is 2.80. The molecule has 2 rings (SSSR count). The highest BCUT2D eigenvalue weighted by atomic mass is 79.9. The molecule has 0 aromatic carbocycles. The van der Waals surface area contributed by atoms with Crippen molar-refractivity contribution in [3.05, 3.63) is 16.0 Å². The van der Waals surface area contributed by atoms with Crippen LogP contribution in [0, 0.1) is 5.92 Å². The topological polar surface area (TPSA) is 51.8 Å². The molecular weight excluding hydrogens is 290 g/mol. The van der Waals surface area contributed by atoms with E-state index >= 15 is 0 Å². The Morgan fingerprint density at radius 1 is 1.28 bits per heavy atom. The number of nitrogens with zero attached hydrogens (tertiary/aromatic N) is 2. The number of nitrogen functional groups attached to an aromatic ring is 1. The molecule has 18 heavy (non-hydrogen) atoms. The van der Waals surface area contributed by atoms with Gasteiger partial charge in [0.15, 0.2) is 0 Å². The number of rotatable bonds is 4. The summed E-state index contributed by atoms with van der Waals surface area (Å²) in [4.78, 5) is 9.22. The molecule has 1 heterocycles. The number of aryl methyl sites for hydroxylation is 1. The molecule has 0 bridgehead atoms. The first-order valence-corrected chi connectivity index (χ1v) is 7.76. The summed E-state index contributed by atoms with van der Waals surface area (Å²) in [5.41, 5.74) is 7.06. The first kappa shape index (κ1) is 13.8. The maximum absolute atomic E-state index is 5.99. The smallest absolute Gasteiger partial charge is 0.141 e. The van der Waals surface area contributed by atoms with Crippen LogP contribution >= 0.6 is 15.9 Å². The SMILES string of the molecule is CCCc1nc(C2CCC(CC)C2)nc(N)c1Br. The summed E-state index contributed by atoms with van der Waals surface area (Å²) in [6.45, 7) is 4.43. The first-order valence-electron chi connectivity index (χ1n) is 6.97. The van der Waals surface area contributed by atoms with Crippen LogP contribution in [0.15, 0.2) is 4.47 Å². The van der Waals surface area contributed by atoms with Crippen LogP contribution in [0.1, 0.15) is 63.4 Å². The van der Waals surface area contributed by atoms with Gasteiger partial charge in [0.25, 0.3) is 0 Å². The molecule has 0 saturated heterocycles. The third-order valence-electron chi connectivity index (χ3n) is 3.93. The highest BCUT2D eigenvalue weighted by Crippen LogP contribution is 2.39. The van der Waals surface area contributed by atoms with Crippen LogP contribution < -0.4 is 5.73 Å². The van der Waals surface area contributed by atoms with Crippen molar-refractivity contribution in [3.63, 3.8) is 0 Å². The van der Waals surface area contributed by atoms with Crippen LogP contribution in [0.5, 0.6) is 0 Å². The van der Waals surface area contributed by atoms with Crippen LogP contribution in [0.4, 0.5) is 5.82 Å². The van der Waals surface area contributed by atoms with E-state index in [4.69, 9.17) is 10.7 Å². The van der Waals surface area contributed by atoms with Crippen molar-refractivity contribution >= 4 is 21.7 Å². The first-order chi connectivity index (χ1) is 8.65. The predicted molar refractivity (Wildman–Crippen MR) is 78.5 cm³/mol. The van der Waals surface area contributed by atoms with Crippen LogP contribution in [-0.2, 0) is 6.42 Å². The average Bonchev–Trinajstić information content (AvgIpc) is 2.83. The van der Waals surface area contributed by atoms with Crippen LogP contribution in [0.3, 0.4) is 0 Å². The highest BCUT2D eigenvalue weighted by molar-refractivity contribution is 9.10. The van der Waals surface area contributed by atoms with E-state index in [0.29, 0.717) is 11.7 Å². The molecule has 0 aliphatic heterocycles. The number of halogens is 1. The van der Waals surface area contributed by atoms with Crippen molar-refractivity contribution in [2.45, 2.75) is 58.3 Å². The second-order valence-corrected chi connectivity index (χ2v) is 6.05. The Balaban J connectivity index is 2.23. The zero-order valence-corrected chi connectivity index (χ0v) is 12.8. The summed E-state index contributed by atoms with van der Waals surface area (Å²) in [7, 11) is 0. The van der Waals surface area contributed by atoms with Gasteiger partial charge < -0.3 is 5.73 Å². The molecule has 1 saturated carbocycles. The van der Waals surface area contributed by atoms with Gasteiger partial charge in [-0.15, -0.1) is 0 Å². The lowest BCUT2D eigenvalue weighted by Crippen LogP contribution is -2.08. The van der Waals surface area contributed by atoms with Gasteiger partial charge in [0.05, 0.1) is 10.2 Å². The molecule has 1 aromatic rings. The maximum Gasteiger partial charge on any atom is 0.141 e. The van der Waals surface area contributed by atoms with Gasteiger partial charge in [0.2, 0.25) is 0 Å². The summed E-state index contributed by atoms with van der Waals surface area (Å²) < 4.78 is 0.887. The van der Waals surface area contributed by atoms with Crippen LogP contribution in [0.2, 0.25) is 0 Å². The van der Waals surface area contributed by atoms with Crippen molar-refractivity contribution in [1.29, 1.82) is 0 Å². The molecule has 2 atom stereocenters. The molecule has 2 N–H and O–H groups in total. The van der Waals surface area contributed by atoms with E-state index in [-0.39, 0.29) is 0 Å². The second kappa shape index (κ2) is 6.00. The number of aromatic nitrogens is 2. The molecule has 1 aromatic heterocycles. The molecule has 4 heteroatoms. The quantitative estimate of drug-likeness (QED) is 0.912. The molecule has 2 unspecified atom stereocenters. The standard InChI is InChI=1S/C14H22BrN3/c1-3-5-11-12(15)13(16)18-14(17-11)10-7-6-9(4-2)8-10/h9-10H,3-8H2,1-2H3,(H2,16,17,18). The third-order valence-corrected chi connectivity index (χ3v) is 4.80. The van der Waals surface area contributed by atoms with E-state index in [1.165, 1.54) is 25.7 Å². The van der Waals surface area contributed by atoms with Gasteiger partial charge in [-0.3, -0.25) is 0 Å². The summed E-state index contributed by atoms with van der Waals surface area (Å²) in [5, 5.41) is 0. The van der Waals surface area contributed by atoms with E-state index in [2.05, 4.69) is 34.8 Å². The summed E-state index contributed by atoms with van der Waals surface area (Å²) >= 11 is 3.50. The van der Waals surface area contributed by atoms with Gasteiger partial charge in [-0.1, -0.05) is 26.7 Å². The van der Waals surface area contributed by atoms with E-state index in [0.717, 1.165) is 34.8 Å². The lowest BCUT2D eigenvalue weighted by atomic mass is 10.0. The number of hydrogen-bond donors (Lipinski definition) is 1. The van der Waals surface area contributed by atoms with Gasteiger partial charge in [0, 0.05) is 5.92 Å². The van der Waals surface area contributed by atoms with E-state index in [1.807, 2.05) is 0 Å². The third kappa shape index (κ3) is 2.85. The Labute approximate surface area is 118 Å². The largest absolute Gasteiger partial charge is 0.383 e. The van der Waals surface area contributed by atoms with Crippen LogP contribution in [0.25, 0.3) is 0 Å². The van der Waals surface area contributed by atoms with E-state index < -0.39 is 0 Å². The molecule has 0 amide bonds. The Kier molecular flexibility index (Phi) is 4.60. The van der Waals surface area contributed by atoms with Gasteiger partial charge in [0.1, 0.15) is 11.6 Å². The van der Waals surface area contributed by atoms with E-state index in [1.54, 1.807) is 0 Å². The zero-order valence-electron chi connectivity index (χ0n) is 11.2.